The van der Waals surface area contributed by atoms with Gasteiger partial charge < -0.3 is 14.4 Å². The van der Waals surface area contributed by atoms with Crippen molar-refractivity contribution in [2.45, 2.75) is 25.9 Å². The smallest absolute Gasteiger partial charge is 0.260 e. The number of ether oxygens (including phenoxy) is 2. The number of benzene rings is 1. The van der Waals surface area contributed by atoms with Gasteiger partial charge >= 0.3 is 0 Å². The molecule has 0 N–H and O–H groups in total. The molecule has 24 heavy (non-hydrogen) atoms. The van der Waals surface area contributed by atoms with Crippen LogP contribution in [0.15, 0.2) is 42.5 Å². The number of likely N-dealkylation sites (tertiary alicyclic amines) is 1. The maximum atomic E-state index is 12.3. The minimum absolute atomic E-state index is 0.0258. The summed E-state index contributed by atoms with van der Waals surface area (Å²) in [6.45, 7) is 3.20. The van der Waals surface area contributed by atoms with Gasteiger partial charge in [-0.25, -0.2) is 0 Å². The minimum Gasteiger partial charge on any atom is -0.484 e. The summed E-state index contributed by atoms with van der Waals surface area (Å²) in [4.78, 5) is 14.1. The Balaban J connectivity index is 1.51. The van der Waals surface area contributed by atoms with Crippen LogP contribution in [0.2, 0.25) is 0 Å². The van der Waals surface area contributed by atoms with Crippen molar-refractivity contribution in [2.24, 2.45) is 0 Å². The van der Waals surface area contributed by atoms with Crippen LogP contribution in [-0.2, 0) is 4.79 Å². The number of rotatable bonds is 5. The number of piperidine rings is 1. The van der Waals surface area contributed by atoms with Crippen molar-refractivity contribution < 1.29 is 14.3 Å². The third-order valence-electron chi connectivity index (χ3n) is 3.90. The molecule has 0 radical (unpaired) electrons. The molecule has 0 saturated carbocycles. The molecule has 6 heteroatoms. The second kappa shape index (κ2) is 7.77. The molecule has 3 rings (SSSR count). The first-order chi connectivity index (χ1) is 11.7. The van der Waals surface area contributed by atoms with Gasteiger partial charge in [-0.15, -0.1) is 5.10 Å². The van der Waals surface area contributed by atoms with Gasteiger partial charge in [-0.05, 0) is 38.0 Å². The zero-order chi connectivity index (χ0) is 16.8. The molecule has 1 atom stereocenters. The first kappa shape index (κ1) is 16.2. The largest absolute Gasteiger partial charge is 0.484 e. The molecule has 126 valence electrons. The molecule has 0 bridgehead atoms. The average Bonchev–Trinajstić information content (AvgIpc) is 2.63. The summed E-state index contributed by atoms with van der Waals surface area (Å²) in [6.07, 6.45) is 1.75. The van der Waals surface area contributed by atoms with Gasteiger partial charge in [0.15, 0.2) is 6.61 Å². The molecular formula is C18H21N3O3. The number of hydrogen-bond donors (Lipinski definition) is 0. The number of nitrogens with zero attached hydrogens (tertiary/aromatic N) is 3. The summed E-state index contributed by atoms with van der Waals surface area (Å²) >= 11 is 0. The second-order valence-electron chi connectivity index (χ2n) is 5.84. The van der Waals surface area contributed by atoms with E-state index < -0.39 is 0 Å². The van der Waals surface area contributed by atoms with Gasteiger partial charge in [-0.1, -0.05) is 18.2 Å². The average molecular weight is 327 g/mol. The summed E-state index contributed by atoms with van der Waals surface area (Å²) in [6, 6.07) is 13.0. The summed E-state index contributed by atoms with van der Waals surface area (Å²) in [5.41, 5.74) is 0.848. The van der Waals surface area contributed by atoms with Crippen LogP contribution in [0.5, 0.6) is 11.6 Å². The number of carbonyl (C=O) groups is 1. The van der Waals surface area contributed by atoms with Crippen LogP contribution >= 0.6 is 0 Å². The van der Waals surface area contributed by atoms with E-state index in [9.17, 15) is 4.79 Å². The minimum atomic E-state index is -0.0589. The van der Waals surface area contributed by atoms with Crippen molar-refractivity contribution in [3.63, 3.8) is 0 Å². The Morgan fingerprint density at radius 3 is 2.79 bits per heavy atom. The van der Waals surface area contributed by atoms with Gasteiger partial charge in [-0.2, -0.15) is 5.10 Å². The molecule has 1 aromatic carbocycles. The van der Waals surface area contributed by atoms with Gasteiger partial charge in [-0.3, -0.25) is 4.79 Å². The van der Waals surface area contributed by atoms with Crippen molar-refractivity contribution in [1.29, 1.82) is 0 Å². The molecule has 1 fully saturated rings. The van der Waals surface area contributed by atoms with Crippen molar-refractivity contribution >= 4 is 5.91 Å². The lowest BCUT2D eigenvalue weighted by molar-refractivity contribution is -0.136. The molecule has 0 aliphatic carbocycles. The van der Waals surface area contributed by atoms with Gasteiger partial charge in [0.25, 0.3) is 5.91 Å². The van der Waals surface area contributed by atoms with E-state index in [0.717, 1.165) is 25.1 Å². The van der Waals surface area contributed by atoms with Crippen LogP contribution < -0.4 is 9.47 Å². The van der Waals surface area contributed by atoms with E-state index in [1.54, 1.807) is 4.90 Å². The fraction of sp³-hybridized carbons (Fsp3) is 0.389. The highest BCUT2D eigenvalue weighted by Crippen LogP contribution is 2.17. The molecular weight excluding hydrogens is 306 g/mol. The van der Waals surface area contributed by atoms with E-state index in [1.807, 2.05) is 49.4 Å². The van der Waals surface area contributed by atoms with Gasteiger partial charge in [0.2, 0.25) is 5.88 Å². The van der Waals surface area contributed by atoms with Crippen LogP contribution in [0.1, 0.15) is 18.5 Å². The van der Waals surface area contributed by atoms with E-state index >= 15 is 0 Å². The Hall–Kier alpha value is -2.63. The molecule has 1 unspecified atom stereocenters. The molecule has 1 amide bonds. The number of aryl methyl sites for hydroxylation is 1. The highest BCUT2D eigenvalue weighted by Gasteiger charge is 2.25. The van der Waals surface area contributed by atoms with Crippen molar-refractivity contribution in [2.75, 3.05) is 19.7 Å². The summed E-state index contributed by atoms with van der Waals surface area (Å²) in [5, 5.41) is 8.00. The second-order valence-corrected chi connectivity index (χ2v) is 5.84. The summed E-state index contributed by atoms with van der Waals surface area (Å²) in [7, 11) is 0. The first-order valence-corrected chi connectivity index (χ1v) is 8.13. The molecule has 2 heterocycles. The van der Waals surface area contributed by atoms with E-state index in [2.05, 4.69) is 10.2 Å². The fourth-order valence-electron chi connectivity index (χ4n) is 2.63. The van der Waals surface area contributed by atoms with E-state index in [-0.39, 0.29) is 18.6 Å². The van der Waals surface area contributed by atoms with Crippen LogP contribution in [-0.4, -0.2) is 46.8 Å². The number of amides is 1. The topological polar surface area (TPSA) is 64.5 Å². The van der Waals surface area contributed by atoms with Crippen LogP contribution in [0.4, 0.5) is 0 Å². The van der Waals surface area contributed by atoms with Gasteiger partial charge in [0.05, 0.1) is 12.2 Å². The monoisotopic (exact) mass is 327 g/mol. The Morgan fingerprint density at radius 2 is 2.04 bits per heavy atom. The van der Waals surface area contributed by atoms with Crippen molar-refractivity contribution in [3.05, 3.63) is 48.2 Å². The van der Waals surface area contributed by atoms with Crippen LogP contribution in [0.3, 0.4) is 0 Å². The zero-order valence-electron chi connectivity index (χ0n) is 13.7. The zero-order valence-corrected chi connectivity index (χ0v) is 13.7. The number of carbonyl (C=O) groups excluding carboxylic acids is 1. The number of para-hydroxylation sites is 1. The molecule has 1 saturated heterocycles. The van der Waals surface area contributed by atoms with Crippen molar-refractivity contribution in [1.82, 2.24) is 15.1 Å². The Bertz CT molecular complexity index is 661. The highest BCUT2D eigenvalue weighted by atomic mass is 16.5. The van der Waals surface area contributed by atoms with E-state index in [0.29, 0.717) is 18.2 Å². The first-order valence-electron chi connectivity index (χ1n) is 8.13. The standard InChI is InChI=1S/C18H21N3O3/c1-14-9-10-17(20-19-14)24-16-8-5-11-21(12-16)18(22)13-23-15-6-3-2-4-7-15/h2-4,6-7,9-10,16H,5,8,11-13H2,1H3. The maximum absolute atomic E-state index is 12.3. The summed E-state index contributed by atoms with van der Waals surface area (Å²) < 4.78 is 11.4. The van der Waals surface area contributed by atoms with Crippen LogP contribution in [0, 0.1) is 6.92 Å². The maximum Gasteiger partial charge on any atom is 0.260 e. The lowest BCUT2D eigenvalue weighted by Crippen LogP contribution is -2.46. The fourth-order valence-corrected chi connectivity index (χ4v) is 2.63. The summed E-state index contributed by atoms with van der Waals surface area (Å²) in [5.74, 6) is 1.17. The van der Waals surface area contributed by atoms with Gasteiger partial charge in [0, 0.05) is 12.6 Å². The molecule has 1 aromatic heterocycles. The van der Waals surface area contributed by atoms with E-state index in [4.69, 9.17) is 9.47 Å². The van der Waals surface area contributed by atoms with Crippen molar-refractivity contribution in [3.8, 4) is 11.6 Å². The predicted molar refractivity (Wildman–Crippen MR) is 88.9 cm³/mol. The van der Waals surface area contributed by atoms with Gasteiger partial charge in [0.1, 0.15) is 11.9 Å². The molecule has 1 aliphatic heterocycles. The molecule has 6 nitrogen and oxygen atoms in total. The Kier molecular flexibility index (Phi) is 5.25. The third-order valence-corrected chi connectivity index (χ3v) is 3.90. The number of aromatic nitrogens is 2. The quantitative estimate of drug-likeness (QED) is 0.842. The predicted octanol–water partition coefficient (Wildman–Crippen LogP) is 2.23. The Morgan fingerprint density at radius 1 is 1.21 bits per heavy atom. The molecule has 0 spiro atoms. The van der Waals surface area contributed by atoms with Crippen LogP contribution in [0.25, 0.3) is 0 Å². The normalized spacial score (nSPS) is 17.4. The SMILES string of the molecule is Cc1ccc(OC2CCCN(C(=O)COc3ccccc3)C2)nn1. The lowest BCUT2D eigenvalue weighted by atomic mass is 10.1. The molecule has 1 aliphatic rings. The lowest BCUT2D eigenvalue weighted by Gasteiger charge is -2.32. The third kappa shape index (κ3) is 4.44. The number of hydrogen-bond acceptors (Lipinski definition) is 5. The highest BCUT2D eigenvalue weighted by molar-refractivity contribution is 5.77. The van der Waals surface area contributed by atoms with E-state index in [1.165, 1.54) is 0 Å². The molecule has 2 aromatic rings. The Labute approximate surface area is 141 Å².